The number of methoxy groups -OCH3 is 1. The Labute approximate surface area is 100 Å². The van der Waals surface area contributed by atoms with Gasteiger partial charge >= 0.3 is 0 Å². The van der Waals surface area contributed by atoms with Gasteiger partial charge in [-0.05, 0) is 25.2 Å². The molecule has 1 heterocycles. The maximum absolute atomic E-state index is 5.93. The molecule has 1 aliphatic carbocycles. The average molecular weight is 242 g/mol. The van der Waals surface area contributed by atoms with Crippen molar-refractivity contribution in [1.82, 2.24) is 9.97 Å². The third-order valence-electron chi connectivity index (χ3n) is 3.00. The van der Waals surface area contributed by atoms with E-state index in [4.69, 9.17) is 16.3 Å². The van der Waals surface area contributed by atoms with Gasteiger partial charge in [0.25, 0.3) is 0 Å². The summed E-state index contributed by atoms with van der Waals surface area (Å²) in [6, 6.07) is 0.467. The van der Waals surface area contributed by atoms with Gasteiger partial charge in [-0.3, -0.25) is 0 Å². The fourth-order valence-corrected chi connectivity index (χ4v) is 2.38. The van der Waals surface area contributed by atoms with Gasteiger partial charge in [0, 0.05) is 6.04 Å². The Balaban J connectivity index is 2.12. The van der Waals surface area contributed by atoms with Crippen molar-refractivity contribution in [1.29, 1.82) is 0 Å². The van der Waals surface area contributed by atoms with Crippen LogP contribution in [0, 0.1) is 5.92 Å². The third kappa shape index (κ3) is 2.38. The number of aromatic nitrogens is 2. The predicted molar refractivity (Wildman–Crippen MR) is 64.0 cm³/mol. The standard InChI is InChI=1S/C11H16ClN3O/c1-7-3-4-8(5-7)15-11-9(16-2)10(12)13-6-14-11/h6-8H,3-5H2,1-2H3,(H,13,14,15). The number of nitrogens with one attached hydrogen (secondary N) is 1. The predicted octanol–water partition coefficient (Wildman–Crippen LogP) is 2.74. The zero-order valence-corrected chi connectivity index (χ0v) is 10.3. The molecule has 88 valence electrons. The molecule has 2 atom stereocenters. The van der Waals surface area contributed by atoms with Gasteiger partial charge < -0.3 is 10.1 Å². The number of hydrogen-bond donors (Lipinski definition) is 1. The second kappa shape index (κ2) is 4.87. The van der Waals surface area contributed by atoms with Crippen LogP contribution in [0.15, 0.2) is 6.33 Å². The van der Waals surface area contributed by atoms with Crippen molar-refractivity contribution in [2.75, 3.05) is 12.4 Å². The van der Waals surface area contributed by atoms with Crippen molar-refractivity contribution >= 4 is 17.4 Å². The van der Waals surface area contributed by atoms with Crippen molar-refractivity contribution in [3.63, 3.8) is 0 Å². The minimum absolute atomic E-state index is 0.353. The second-order valence-corrected chi connectivity index (χ2v) is 4.66. The van der Waals surface area contributed by atoms with Gasteiger partial charge in [-0.1, -0.05) is 18.5 Å². The van der Waals surface area contributed by atoms with Gasteiger partial charge in [-0.2, -0.15) is 0 Å². The van der Waals surface area contributed by atoms with Crippen LogP contribution < -0.4 is 10.1 Å². The van der Waals surface area contributed by atoms with Gasteiger partial charge in [0.2, 0.25) is 0 Å². The number of ether oxygens (including phenoxy) is 1. The molecule has 2 unspecified atom stereocenters. The van der Waals surface area contributed by atoms with Gasteiger partial charge in [0.1, 0.15) is 6.33 Å². The number of rotatable bonds is 3. The fourth-order valence-electron chi connectivity index (χ4n) is 2.17. The summed E-state index contributed by atoms with van der Waals surface area (Å²) >= 11 is 5.93. The lowest BCUT2D eigenvalue weighted by Crippen LogP contribution is -2.17. The molecule has 0 amide bonds. The SMILES string of the molecule is COc1c(Cl)ncnc1NC1CCC(C)C1. The van der Waals surface area contributed by atoms with Gasteiger partial charge in [0.15, 0.2) is 16.7 Å². The Morgan fingerprint density at radius 3 is 2.88 bits per heavy atom. The number of hydrogen-bond acceptors (Lipinski definition) is 4. The first-order valence-corrected chi connectivity index (χ1v) is 5.89. The molecule has 1 fully saturated rings. The molecule has 0 radical (unpaired) electrons. The second-order valence-electron chi connectivity index (χ2n) is 4.31. The van der Waals surface area contributed by atoms with E-state index in [0.29, 0.717) is 22.8 Å². The summed E-state index contributed by atoms with van der Waals surface area (Å²) in [4.78, 5) is 8.06. The molecule has 4 nitrogen and oxygen atoms in total. The Bertz CT molecular complexity index is 372. The molecule has 0 saturated heterocycles. The Hall–Kier alpha value is -1.03. The lowest BCUT2D eigenvalue weighted by atomic mass is 10.1. The van der Waals surface area contributed by atoms with Crippen LogP contribution in [0.25, 0.3) is 0 Å². The quantitative estimate of drug-likeness (QED) is 0.827. The van der Waals surface area contributed by atoms with Crippen molar-refractivity contribution in [3.05, 3.63) is 11.5 Å². The summed E-state index contributed by atoms with van der Waals surface area (Å²) in [5.41, 5.74) is 0. The van der Waals surface area contributed by atoms with Crippen LogP contribution in [-0.4, -0.2) is 23.1 Å². The fraction of sp³-hybridized carbons (Fsp3) is 0.636. The molecule has 1 aromatic rings. The molecule has 16 heavy (non-hydrogen) atoms. The minimum Gasteiger partial charge on any atom is -0.490 e. The highest BCUT2D eigenvalue weighted by Crippen LogP contribution is 2.32. The van der Waals surface area contributed by atoms with E-state index in [1.807, 2.05) is 0 Å². The maximum Gasteiger partial charge on any atom is 0.198 e. The van der Waals surface area contributed by atoms with Crippen molar-refractivity contribution in [2.45, 2.75) is 32.2 Å². The van der Waals surface area contributed by atoms with Crippen LogP contribution in [0.3, 0.4) is 0 Å². The normalized spacial score (nSPS) is 24.4. The summed E-state index contributed by atoms with van der Waals surface area (Å²) in [6.07, 6.45) is 5.06. The summed E-state index contributed by atoms with van der Waals surface area (Å²) < 4.78 is 5.19. The first kappa shape index (κ1) is 11.5. The van der Waals surface area contributed by atoms with Gasteiger partial charge in [-0.15, -0.1) is 0 Å². The highest BCUT2D eigenvalue weighted by atomic mass is 35.5. The third-order valence-corrected chi connectivity index (χ3v) is 3.27. The van der Waals surface area contributed by atoms with Crippen LogP contribution in [0.1, 0.15) is 26.2 Å². The molecule has 0 aromatic carbocycles. The molecule has 0 spiro atoms. The van der Waals surface area contributed by atoms with Crippen LogP contribution >= 0.6 is 11.6 Å². The van der Waals surface area contributed by atoms with E-state index < -0.39 is 0 Å². The van der Waals surface area contributed by atoms with Crippen molar-refractivity contribution in [2.24, 2.45) is 5.92 Å². The van der Waals surface area contributed by atoms with Crippen LogP contribution in [0.2, 0.25) is 5.15 Å². The molecular formula is C11H16ClN3O. The minimum atomic E-state index is 0.353. The highest BCUT2D eigenvalue weighted by Gasteiger charge is 2.23. The smallest absolute Gasteiger partial charge is 0.198 e. The maximum atomic E-state index is 5.93. The summed E-state index contributed by atoms with van der Waals surface area (Å²) in [5.74, 6) is 2.01. The molecular weight excluding hydrogens is 226 g/mol. The monoisotopic (exact) mass is 241 g/mol. The molecule has 1 saturated carbocycles. The van der Waals surface area contributed by atoms with Crippen LogP contribution in [-0.2, 0) is 0 Å². The molecule has 0 bridgehead atoms. The van der Waals surface area contributed by atoms with Gasteiger partial charge in [-0.25, -0.2) is 9.97 Å². The van der Waals surface area contributed by atoms with E-state index in [1.165, 1.54) is 25.6 Å². The average Bonchev–Trinajstić information content (AvgIpc) is 2.64. The number of nitrogens with zero attached hydrogens (tertiary/aromatic N) is 2. The van der Waals surface area contributed by atoms with E-state index >= 15 is 0 Å². The Morgan fingerprint density at radius 2 is 2.25 bits per heavy atom. The summed E-state index contributed by atoms with van der Waals surface area (Å²) in [6.45, 7) is 2.27. The van der Waals surface area contributed by atoms with Crippen LogP contribution in [0.5, 0.6) is 5.75 Å². The lowest BCUT2D eigenvalue weighted by Gasteiger charge is -2.15. The highest BCUT2D eigenvalue weighted by molar-refractivity contribution is 6.31. The van der Waals surface area contributed by atoms with Crippen molar-refractivity contribution < 1.29 is 4.74 Å². The Morgan fingerprint density at radius 1 is 1.44 bits per heavy atom. The number of halogens is 1. The van der Waals surface area contributed by atoms with E-state index in [1.54, 1.807) is 7.11 Å². The van der Waals surface area contributed by atoms with E-state index in [-0.39, 0.29) is 0 Å². The van der Waals surface area contributed by atoms with E-state index in [0.717, 1.165) is 5.92 Å². The number of anilines is 1. The summed E-state index contributed by atoms with van der Waals surface area (Å²) in [7, 11) is 1.58. The summed E-state index contributed by atoms with van der Waals surface area (Å²) in [5, 5.41) is 3.72. The van der Waals surface area contributed by atoms with Crippen molar-refractivity contribution in [3.8, 4) is 5.75 Å². The van der Waals surface area contributed by atoms with Crippen LogP contribution in [0.4, 0.5) is 5.82 Å². The molecule has 1 N–H and O–H groups in total. The lowest BCUT2D eigenvalue weighted by molar-refractivity contribution is 0.412. The largest absolute Gasteiger partial charge is 0.490 e. The first-order chi connectivity index (χ1) is 7.70. The van der Waals surface area contributed by atoms with Gasteiger partial charge in [0.05, 0.1) is 7.11 Å². The zero-order chi connectivity index (χ0) is 11.5. The molecule has 1 aliphatic rings. The molecule has 0 aliphatic heterocycles. The first-order valence-electron chi connectivity index (χ1n) is 5.51. The van der Waals surface area contributed by atoms with E-state index in [9.17, 15) is 0 Å². The van der Waals surface area contributed by atoms with E-state index in [2.05, 4.69) is 22.2 Å². The Kier molecular flexibility index (Phi) is 3.49. The zero-order valence-electron chi connectivity index (χ0n) is 9.53. The molecule has 2 rings (SSSR count). The molecule has 5 heteroatoms. The topological polar surface area (TPSA) is 47.0 Å². The molecule has 1 aromatic heterocycles.